The third-order valence-corrected chi connectivity index (χ3v) is 11.7. The molecular formula is C43H41N5O6. The van der Waals surface area contributed by atoms with Gasteiger partial charge >= 0.3 is 0 Å². The highest BCUT2D eigenvalue weighted by molar-refractivity contribution is 6.25. The molecule has 4 amide bonds. The minimum Gasteiger partial charge on any atom is -0.504 e. The van der Waals surface area contributed by atoms with Gasteiger partial charge < -0.3 is 14.7 Å². The van der Waals surface area contributed by atoms with Gasteiger partial charge in [-0.15, -0.1) is 0 Å². The third kappa shape index (κ3) is 5.40. The molecule has 2 aliphatic heterocycles. The molecule has 2 saturated heterocycles. The number of fused-ring (bicyclic) bond motifs is 4. The molecule has 0 aromatic heterocycles. The van der Waals surface area contributed by atoms with Crippen molar-refractivity contribution in [2.24, 2.45) is 39.3 Å². The Kier molecular flexibility index (Phi) is 8.67. The molecule has 2 heterocycles. The van der Waals surface area contributed by atoms with Crippen molar-refractivity contribution in [1.82, 2.24) is 0 Å². The second-order valence-electron chi connectivity index (χ2n) is 14.8. The van der Waals surface area contributed by atoms with Crippen molar-refractivity contribution in [3.63, 3.8) is 0 Å². The monoisotopic (exact) mass is 723 g/mol. The summed E-state index contributed by atoms with van der Waals surface area (Å²) in [5, 5.41) is 20.3. The second kappa shape index (κ2) is 13.4. The molecule has 0 spiro atoms. The van der Waals surface area contributed by atoms with Gasteiger partial charge in [0.05, 0.1) is 52.5 Å². The molecule has 1 saturated carbocycles. The van der Waals surface area contributed by atoms with Crippen LogP contribution in [0.25, 0.3) is 0 Å². The zero-order valence-corrected chi connectivity index (χ0v) is 30.5. The number of benzene rings is 4. The summed E-state index contributed by atoms with van der Waals surface area (Å²) in [6.45, 7) is 3.93. The zero-order valence-electron chi connectivity index (χ0n) is 30.5. The summed E-state index contributed by atoms with van der Waals surface area (Å²) in [5.41, 5.74) is 3.14. The Labute approximate surface area is 313 Å². The summed E-state index contributed by atoms with van der Waals surface area (Å²) >= 11 is 0. The van der Waals surface area contributed by atoms with Crippen LogP contribution in [0.5, 0.6) is 11.5 Å². The van der Waals surface area contributed by atoms with E-state index in [2.05, 4.69) is 10.2 Å². The van der Waals surface area contributed by atoms with Gasteiger partial charge in [0.25, 0.3) is 0 Å². The molecule has 11 heteroatoms. The van der Waals surface area contributed by atoms with Gasteiger partial charge in [0.15, 0.2) is 11.5 Å². The highest BCUT2D eigenvalue weighted by atomic mass is 16.5. The van der Waals surface area contributed by atoms with E-state index < -0.39 is 35.0 Å². The summed E-state index contributed by atoms with van der Waals surface area (Å²) in [4.78, 5) is 62.2. The third-order valence-electron chi connectivity index (χ3n) is 11.7. The van der Waals surface area contributed by atoms with Crippen molar-refractivity contribution < 1.29 is 29.0 Å². The largest absolute Gasteiger partial charge is 0.504 e. The first-order valence-corrected chi connectivity index (χ1v) is 18.3. The van der Waals surface area contributed by atoms with Gasteiger partial charge in [-0.2, -0.15) is 10.2 Å². The molecule has 0 bridgehead atoms. The Morgan fingerprint density at radius 2 is 1.43 bits per heavy atom. The summed E-state index contributed by atoms with van der Waals surface area (Å²) in [7, 11) is 3.93. The van der Waals surface area contributed by atoms with E-state index in [0.29, 0.717) is 34.9 Å². The van der Waals surface area contributed by atoms with Gasteiger partial charge in [-0.3, -0.25) is 24.1 Å². The molecular weight excluding hydrogens is 683 g/mol. The van der Waals surface area contributed by atoms with E-state index in [1.807, 2.05) is 62.3 Å². The maximum atomic E-state index is 14.6. The Hall–Kier alpha value is -6.10. The molecule has 0 radical (unpaired) electrons. The van der Waals surface area contributed by atoms with Gasteiger partial charge in [0.1, 0.15) is 0 Å². The van der Waals surface area contributed by atoms with Crippen molar-refractivity contribution in [1.29, 1.82) is 0 Å². The first-order valence-electron chi connectivity index (χ1n) is 18.3. The van der Waals surface area contributed by atoms with Crippen molar-refractivity contribution in [3.8, 4) is 11.5 Å². The smallest absolute Gasteiger partial charge is 0.241 e. The molecule has 54 heavy (non-hydrogen) atoms. The summed E-state index contributed by atoms with van der Waals surface area (Å²) in [6.07, 6.45) is 2.46. The second-order valence-corrected chi connectivity index (χ2v) is 14.8. The van der Waals surface area contributed by atoms with Gasteiger partial charge in [0, 0.05) is 31.3 Å². The lowest BCUT2D eigenvalue weighted by Crippen LogP contribution is -2.48. The van der Waals surface area contributed by atoms with Crippen LogP contribution in [0.1, 0.15) is 38.2 Å². The fourth-order valence-electron chi connectivity index (χ4n) is 9.08. The molecule has 274 valence electrons. The summed E-state index contributed by atoms with van der Waals surface area (Å²) in [5.74, 6) is -4.69. The van der Waals surface area contributed by atoms with Crippen molar-refractivity contribution in [2.45, 2.75) is 32.6 Å². The first kappa shape index (κ1) is 35.0. The van der Waals surface area contributed by atoms with Crippen LogP contribution in [0.3, 0.4) is 0 Å². The van der Waals surface area contributed by atoms with Crippen LogP contribution in [-0.2, 0) is 19.2 Å². The number of imide groups is 2. The average molecular weight is 724 g/mol. The number of allylic oxidation sites excluding steroid dienone is 2. The number of carbonyl (C=O) groups excluding carboxylic acids is 4. The lowest BCUT2D eigenvalue weighted by atomic mass is 9.51. The number of aromatic hydroxyl groups is 1. The number of hydrogen-bond donors (Lipinski definition) is 1. The van der Waals surface area contributed by atoms with E-state index in [1.165, 1.54) is 9.80 Å². The van der Waals surface area contributed by atoms with Crippen LogP contribution in [0, 0.1) is 29.1 Å². The molecule has 3 fully saturated rings. The Morgan fingerprint density at radius 1 is 0.778 bits per heavy atom. The number of nitrogens with zero attached hydrogens (tertiary/aromatic N) is 5. The molecule has 0 unspecified atom stereocenters. The van der Waals surface area contributed by atoms with Crippen molar-refractivity contribution >= 4 is 52.1 Å². The standard InChI is InChI=1S/C43H41N5O6/c1-5-54-35-13-9-12-32(38(35)49)37-30-22-23-31-36(33(30)24-34-40(51)48(42(53)43(34,37)2)28-10-7-6-8-11-28)41(52)47(39(31)50)29-20-16-26(17-21-29)45-44-25-14-18-27(19-15-25)46(3)4/h6-22,31,33-34,36-37,49H,5,23-24H2,1-4H3/t31-,33+,34-,36-,37+,43+/m0/s1. The molecule has 11 nitrogen and oxygen atoms in total. The lowest BCUT2D eigenvalue weighted by Gasteiger charge is -2.49. The van der Waals surface area contributed by atoms with E-state index in [1.54, 1.807) is 73.7 Å². The van der Waals surface area contributed by atoms with Crippen LogP contribution < -0.4 is 19.4 Å². The highest BCUT2D eigenvalue weighted by Crippen LogP contribution is 2.65. The molecule has 4 aromatic carbocycles. The van der Waals surface area contributed by atoms with Crippen LogP contribution in [-0.4, -0.2) is 49.4 Å². The van der Waals surface area contributed by atoms with Gasteiger partial charge in [-0.1, -0.05) is 42.0 Å². The van der Waals surface area contributed by atoms with Gasteiger partial charge in [0.2, 0.25) is 23.6 Å². The van der Waals surface area contributed by atoms with Crippen LogP contribution >= 0.6 is 0 Å². The fourth-order valence-corrected chi connectivity index (χ4v) is 9.08. The Bertz CT molecular complexity index is 2220. The summed E-state index contributed by atoms with van der Waals surface area (Å²) in [6, 6.07) is 28.5. The number of carbonyl (C=O) groups is 4. The van der Waals surface area contributed by atoms with Crippen LogP contribution in [0.2, 0.25) is 0 Å². The average Bonchev–Trinajstić information content (AvgIpc) is 3.55. The summed E-state index contributed by atoms with van der Waals surface area (Å²) < 4.78 is 5.76. The number of phenolic OH excluding ortho intramolecular Hbond substituents is 1. The van der Waals surface area contributed by atoms with E-state index in [9.17, 15) is 24.3 Å². The van der Waals surface area contributed by atoms with E-state index in [4.69, 9.17) is 4.74 Å². The lowest BCUT2D eigenvalue weighted by molar-refractivity contribution is -0.131. The minimum absolute atomic E-state index is 0.107. The SMILES string of the molecule is CCOc1cccc([C@H]2C3=CC[C@@H]4C(=O)N(c5ccc(N=Nc6ccc(N(C)C)cc6)cc5)C(=O)[C@@H]4[C@@H]3C[C@H]3C(=O)N(c4ccccc4)C(=O)[C@@]23C)c1O. The number of hydrogen-bond acceptors (Lipinski definition) is 9. The van der Waals surface area contributed by atoms with Crippen molar-refractivity contribution in [2.75, 3.05) is 35.4 Å². The van der Waals surface area contributed by atoms with E-state index in [0.717, 1.165) is 11.3 Å². The molecule has 2 aliphatic carbocycles. The molecule has 6 atom stereocenters. The minimum atomic E-state index is -1.28. The quantitative estimate of drug-likeness (QED) is 0.112. The number of para-hydroxylation sites is 2. The normalized spacial score (nSPS) is 26.1. The highest BCUT2D eigenvalue weighted by Gasteiger charge is 2.68. The van der Waals surface area contributed by atoms with Crippen LogP contribution in [0.4, 0.5) is 28.4 Å². The number of amides is 4. The Morgan fingerprint density at radius 3 is 2.07 bits per heavy atom. The zero-order chi connectivity index (χ0) is 37.9. The Balaban J connectivity index is 1.14. The number of rotatable bonds is 8. The van der Waals surface area contributed by atoms with E-state index in [-0.39, 0.29) is 48.0 Å². The molecule has 4 aromatic rings. The van der Waals surface area contributed by atoms with Crippen LogP contribution in [0.15, 0.2) is 119 Å². The molecule has 4 aliphatic rings. The number of ether oxygens (including phenoxy) is 1. The number of phenols is 1. The van der Waals surface area contributed by atoms with E-state index >= 15 is 0 Å². The topological polar surface area (TPSA) is 132 Å². The number of anilines is 3. The van der Waals surface area contributed by atoms with Gasteiger partial charge in [-0.05, 0) is 99.3 Å². The molecule has 8 rings (SSSR count). The fraction of sp³-hybridized carbons (Fsp3) is 0.302. The van der Waals surface area contributed by atoms with Gasteiger partial charge in [-0.25, -0.2) is 4.90 Å². The van der Waals surface area contributed by atoms with Crippen molar-refractivity contribution in [3.05, 3.63) is 114 Å². The maximum absolute atomic E-state index is 14.6. The maximum Gasteiger partial charge on any atom is 0.241 e. The number of azo groups is 1. The first-order chi connectivity index (χ1) is 26.0. The predicted octanol–water partition coefficient (Wildman–Crippen LogP) is 7.71. The molecule has 1 N–H and O–H groups in total. The predicted molar refractivity (Wildman–Crippen MR) is 204 cm³/mol.